The summed E-state index contributed by atoms with van der Waals surface area (Å²) in [7, 11) is 0. The number of fused-ring (bicyclic) bond motifs is 1. The van der Waals surface area contributed by atoms with Crippen molar-refractivity contribution in [1.82, 2.24) is 4.57 Å². The summed E-state index contributed by atoms with van der Waals surface area (Å²) >= 11 is 0. The number of aromatic nitrogens is 1. The first-order valence-electron chi connectivity index (χ1n) is 5.17. The Morgan fingerprint density at radius 3 is 2.81 bits per heavy atom. The first-order valence-corrected chi connectivity index (χ1v) is 5.17. The van der Waals surface area contributed by atoms with E-state index in [0.29, 0.717) is 18.7 Å². The van der Waals surface area contributed by atoms with Gasteiger partial charge in [-0.25, -0.2) is 4.79 Å². The van der Waals surface area contributed by atoms with Gasteiger partial charge in [0.1, 0.15) is 0 Å². The van der Waals surface area contributed by atoms with Crippen molar-refractivity contribution in [1.29, 1.82) is 0 Å². The predicted molar refractivity (Wildman–Crippen MR) is 62.7 cm³/mol. The molecule has 0 spiro atoms. The van der Waals surface area contributed by atoms with Crippen LogP contribution in [-0.4, -0.2) is 22.2 Å². The molecule has 0 unspecified atom stereocenters. The van der Waals surface area contributed by atoms with E-state index in [-0.39, 0.29) is 0 Å². The molecule has 1 heterocycles. The van der Waals surface area contributed by atoms with Gasteiger partial charge in [0, 0.05) is 24.7 Å². The van der Waals surface area contributed by atoms with Gasteiger partial charge in [-0.3, -0.25) is 0 Å². The Morgan fingerprint density at radius 1 is 1.44 bits per heavy atom. The third kappa shape index (κ3) is 1.57. The third-order valence-corrected chi connectivity index (χ3v) is 2.72. The minimum atomic E-state index is -0.889. The van der Waals surface area contributed by atoms with Gasteiger partial charge in [0.05, 0.1) is 11.1 Å². The molecule has 0 aliphatic carbocycles. The van der Waals surface area contributed by atoms with E-state index in [1.165, 1.54) is 0 Å². The summed E-state index contributed by atoms with van der Waals surface area (Å²) in [6.45, 7) is 2.94. The number of carboxylic acids is 1. The summed E-state index contributed by atoms with van der Waals surface area (Å²) in [5.74, 6) is -0.889. The fraction of sp³-hybridized carbons (Fsp3) is 0.250. The summed E-state index contributed by atoms with van der Waals surface area (Å²) in [4.78, 5) is 11.2. The van der Waals surface area contributed by atoms with Crippen LogP contribution < -0.4 is 5.73 Å². The standard InChI is InChI=1S/C12H14N2O2/c1-8-2-3-9-4-6-14(7-5-13)11(9)10(8)12(15)16/h2-4,6H,5,7,13H2,1H3,(H,15,16). The molecule has 16 heavy (non-hydrogen) atoms. The summed E-state index contributed by atoms with van der Waals surface area (Å²) in [5, 5.41) is 10.2. The Balaban J connectivity index is 2.77. The minimum Gasteiger partial charge on any atom is -0.478 e. The number of aromatic carboxylic acids is 1. The highest BCUT2D eigenvalue weighted by Gasteiger charge is 2.14. The molecule has 0 saturated heterocycles. The quantitative estimate of drug-likeness (QED) is 0.822. The summed E-state index contributed by atoms with van der Waals surface area (Å²) in [6, 6.07) is 5.68. The molecule has 1 aromatic heterocycles. The fourth-order valence-electron chi connectivity index (χ4n) is 1.99. The van der Waals surface area contributed by atoms with Crippen LogP contribution in [-0.2, 0) is 6.54 Å². The molecular weight excluding hydrogens is 204 g/mol. The van der Waals surface area contributed by atoms with Crippen LogP contribution >= 0.6 is 0 Å². The van der Waals surface area contributed by atoms with Crippen molar-refractivity contribution in [3.8, 4) is 0 Å². The topological polar surface area (TPSA) is 68.2 Å². The number of hydrogen-bond acceptors (Lipinski definition) is 2. The van der Waals surface area contributed by atoms with Gasteiger partial charge in [0.2, 0.25) is 0 Å². The molecule has 2 aromatic rings. The molecule has 3 N–H and O–H groups in total. The van der Waals surface area contributed by atoms with Gasteiger partial charge in [-0.2, -0.15) is 0 Å². The normalized spacial score (nSPS) is 10.9. The van der Waals surface area contributed by atoms with Crippen LogP contribution in [0.1, 0.15) is 15.9 Å². The molecule has 84 valence electrons. The van der Waals surface area contributed by atoms with E-state index < -0.39 is 5.97 Å². The maximum Gasteiger partial charge on any atom is 0.338 e. The number of hydrogen-bond donors (Lipinski definition) is 2. The Bertz CT molecular complexity index is 543. The molecule has 0 bridgehead atoms. The predicted octanol–water partition coefficient (Wildman–Crippen LogP) is 1.61. The van der Waals surface area contributed by atoms with Crippen LogP contribution in [0, 0.1) is 6.92 Å². The zero-order valence-electron chi connectivity index (χ0n) is 9.10. The van der Waals surface area contributed by atoms with E-state index in [1.54, 1.807) is 0 Å². The zero-order valence-corrected chi connectivity index (χ0v) is 9.10. The molecule has 0 aliphatic rings. The van der Waals surface area contributed by atoms with E-state index in [9.17, 15) is 9.90 Å². The largest absolute Gasteiger partial charge is 0.478 e. The lowest BCUT2D eigenvalue weighted by Gasteiger charge is -2.08. The van der Waals surface area contributed by atoms with Gasteiger partial charge in [0.15, 0.2) is 0 Å². The monoisotopic (exact) mass is 218 g/mol. The second-order valence-electron chi connectivity index (χ2n) is 3.80. The van der Waals surface area contributed by atoms with Gasteiger partial charge in [0.25, 0.3) is 0 Å². The number of carboxylic acid groups (broad SMARTS) is 1. The van der Waals surface area contributed by atoms with E-state index in [4.69, 9.17) is 5.73 Å². The lowest BCUT2D eigenvalue weighted by molar-refractivity contribution is 0.0698. The third-order valence-electron chi connectivity index (χ3n) is 2.72. The fourth-order valence-corrected chi connectivity index (χ4v) is 1.99. The molecule has 2 rings (SSSR count). The van der Waals surface area contributed by atoms with Crippen LogP contribution in [0.5, 0.6) is 0 Å². The average molecular weight is 218 g/mol. The lowest BCUT2D eigenvalue weighted by atomic mass is 10.1. The minimum absolute atomic E-state index is 0.371. The Kier molecular flexibility index (Phi) is 2.66. The van der Waals surface area contributed by atoms with Crippen LogP contribution in [0.2, 0.25) is 0 Å². The average Bonchev–Trinajstić information content (AvgIpc) is 2.61. The Morgan fingerprint density at radius 2 is 2.19 bits per heavy atom. The van der Waals surface area contributed by atoms with Gasteiger partial charge in [-0.15, -0.1) is 0 Å². The van der Waals surface area contributed by atoms with Crippen LogP contribution in [0.3, 0.4) is 0 Å². The van der Waals surface area contributed by atoms with E-state index in [0.717, 1.165) is 16.5 Å². The summed E-state index contributed by atoms with van der Waals surface area (Å²) < 4.78 is 1.89. The van der Waals surface area contributed by atoms with Gasteiger partial charge < -0.3 is 15.4 Å². The van der Waals surface area contributed by atoms with Gasteiger partial charge in [-0.05, 0) is 18.6 Å². The van der Waals surface area contributed by atoms with Gasteiger partial charge >= 0.3 is 5.97 Å². The Labute approximate surface area is 93.3 Å². The molecule has 0 radical (unpaired) electrons. The van der Waals surface area contributed by atoms with E-state index >= 15 is 0 Å². The lowest BCUT2D eigenvalue weighted by Crippen LogP contribution is -2.11. The van der Waals surface area contributed by atoms with Gasteiger partial charge in [-0.1, -0.05) is 12.1 Å². The summed E-state index contributed by atoms with van der Waals surface area (Å²) in [6.07, 6.45) is 1.88. The second-order valence-corrected chi connectivity index (χ2v) is 3.80. The number of carbonyl (C=O) groups is 1. The molecule has 4 heteroatoms. The molecule has 4 nitrogen and oxygen atoms in total. The maximum absolute atomic E-state index is 11.2. The number of rotatable bonds is 3. The van der Waals surface area contributed by atoms with Crippen molar-refractivity contribution < 1.29 is 9.90 Å². The molecule has 0 fully saturated rings. The van der Waals surface area contributed by atoms with Crippen LogP contribution in [0.25, 0.3) is 10.9 Å². The molecule has 0 atom stereocenters. The van der Waals surface area contributed by atoms with Crippen LogP contribution in [0.15, 0.2) is 24.4 Å². The first-order chi connectivity index (χ1) is 7.65. The maximum atomic E-state index is 11.2. The molecule has 0 aliphatic heterocycles. The number of nitrogens with zero attached hydrogens (tertiary/aromatic N) is 1. The second kappa shape index (κ2) is 3.98. The smallest absolute Gasteiger partial charge is 0.338 e. The number of benzene rings is 1. The highest BCUT2D eigenvalue weighted by molar-refractivity contribution is 6.03. The van der Waals surface area contributed by atoms with Crippen molar-refractivity contribution in [2.45, 2.75) is 13.5 Å². The highest BCUT2D eigenvalue weighted by atomic mass is 16.4. The van der Waals surface area contributed by atoms with E-state index in [2.05, 4.69) is 0 Å². The Hall–Kier alpha value is -1.81. The zero-order chi connectivity index (χ0) is 11.7. The summed E-state index contributed by atoms with van der Waals surface area (Å²) in [5.41, 5.74) is 7.41. The number of nitrogens with two attached hydrogens (primary N) is 1. The molecular formula is C12H14N2O2. The first kappa shape index (κ1) is 10.7. The molecule has 1 aromatic carbocycles. The molecule has 0 saturated carbocycles. The molecule has 0 amide bonds. The van der Waals surface area contributed by atoms with Crippen molar-refractivity contribution >= 4 is 16.9 Å². The van der Waals surface area contributed by atoms with Crippen LogP contribution in [0.4, 0.5) is 0 Å². The van der Waals surface area contributed by atoms with E-state index in [1.807, 2.05) is 35.9 Å². The van der Waals surface area contributed by atoms with Crippen molar-refractivity contribution in [3.63, 3.8) is 0 Å². The number of aryl methyl sites for hydroxylation is 1. The van der Waals surface area contributed by atoms with Crippen molar-refractivity contribution in [2.75, 3.05) is 6.54 Å². The van der Waals surface area contributed by atoms with Crippen molar-refractivity contribution in [2.24, 2.45) is 5.73 Å². The highest BCUT2D eigenvalue weighted by Crippen LogP contribution is 2.23. The van der Waals surface area contributed by atoms with Crippen molar-refractivity contribution in [3.05, 3.63) is 35.5 Å². The SMILES string of the molecule is Cc1ccc2ccn(CCN)c2c1C(=O)O.